The van der Waals surface area contributed by atoms with E-state index >= 15 is 0 Å². The molecule has 38 heavy (non-hydrogen) atoms. The summed E-state index contributed by atoms with van der Waals surface area (Å²) in [6.45, 7) is 3.03. The van der Waals surface area contributed by atoms with Crippen LogP contribution in [-0.4, -0.2) is 62.5 Å². The molecule has 2 aromatic carbocycles. The smallest absolute Gasteiger partial charge is 0.338 e. The first-order valence-corrected chi connectivity index (χ1v) is 13.1. The van der Waals surface area contributed by atoms with Crippen LogP contribution in [0.15, 0.2) is 82.0 Å². The Kier molecular flexibility index (Phi) is 9.58. The molecular formula is C28H31N3O6S. The van der Waals surface area contributed by atoms with Gasteiger partial charge in [-0.3, -0.25) is 4.79 Å². The second kappa shape index (κ2) is 13.3. The molecule has 200 valence electrons. The highest BCUT2D eigenvalue weighted by Crippen LogP contribution is 2.45. The quantitative estimate of drug-likeness (QED) is 0.314. The summed E-state index contributed by atoms with van der Waals surface area (Å²) in [5.41, 5.74) is 2.49. The minimum absolute atomic E-state index is 0.117. The molecule has 2 aliphatic rings. The van der Waals surface area contributed by atoms with Gasteiger partial charge in [-0.1, -0.05) is 42.1 Å². The predicted molar refractivity (Wildman–Crippen MR) is 146 cm³/mol. The third-order valence-electron chi connectivity index (χ3n) is 5.86. The molecule has 1 N–H and O–H groups in total. The second-order valence-electron chi connectivity index (χ2n) is 8.53. The van der Waals surface area contributed by atoms with E-state index in [1.54, 1.807) is 21.1 Å². The highest BCUT2D eigenvalue weighted by Gasteiger charge is 2.41. The first-order valence-electron chi connectivity index (χ1n) is 12.2. The summed E-state index contributed by atoms with van der Waals surface area (Å²) < 4.78 is 21.7. The number of methoxy groups -OCH3 is 2. The molecule has 4 rings (SSSR count). The molecule has 1 amide bonds. The van der Waals surface area contributed by atoms with E-state index in [0.29, 0.717) is 41.1 Å². The first-order chi connectivity index (χ1) is 18.5. The van der Waals surface area contributed by atoms with Crippen molar-refractivity contribution >= 4 is 28.8 Å². The number of esters is 1. The van der Waals surface area contributed by atoms with Crippen molar-refractivity contribution < 1.29 is 28.5 Å². The number of carbonyl (C=O) groups excluding carboxylic acids is 2. The summed E-state index contributed by atoms with van der Waals surface area (Å²) >= 11 is 1.42. The number of carbonyl (C=O) groups is 2. The molecule has 0 bridgehead atoms. The summed E-state index contributed by atoms with van der Waals surface area (Å²) in [5.74, 6) is 0.691. The third kappa shape index (κ3) is 6.63. The largest absolute Gasteiger partial charge is 0.460 e. The number of para-hydroxylation sites is 1. The number of benzene rings is 2. The number of rotatable bonds is 12. The fourth-order valence-electron chi connectivity index (χ4n) is 4.13. The summed E-state index contributed by atoms with van der Waals surface area (Å²) in [5, 5.41) is 5.45. The molecule has 1 atom stereocenters. The van der Waals surface area contributed by atoms with Gasteiger partial charge >= 0.3 is 5.97 Å². The van der Waals surface area contributed by atoms with E-state index in [4.69, 9.17) is 23.9 Å². The zero-order valence-electron chi connectivity index (χ0n) is 21.6. The van der Waals surface area contributed by atoms with Gasteiger partial charge < -0.3 is 29.2 Å². The SMILES string of the molecule is COCCNC(=O)CC1=CSC2=NC(C)=C(C(=O)OCCOC)C(c3cccc(Oc4ccccc4)c3)N12. The first kappa shape index (κ1) is 27.4. The van der Waals surface area contributed by atoms with Crippen LogP contribution in [0.1, 0.15) is 24.9 Å². The predicted octanol–water partition coefficient (Wildman–Crippen LogP) is 4.40. The molecular weight excluding hydrogens is 506 g/mol. The molecule has 9 nitrogen and oxygen atoms in total. The van der Waals surface area contributed by atoms with Crippen molar-refractivity contribution in [3.8, 4) is 11.5 Å². The number of allylic oxidation sites excluding steroid dienone is 1. The monoisotopic (exact) mass is 537 g/mol. The van der Waals surface area contributed by atoms with Crippen LogP contribution in [-0.2, 0) is 23.8 Å². The summed E-state index contributed by atoms with van der Waals surface area (Å²) in [7, 11) is 3.13. The van der Waals surface area contributed by atoms with Crippen molar-refractivity contribution in [3.05, 3.63) is 82.5 Å². The topological polar surface area (TPSA) is 98.7 Å². The summed E-state index contributed by atoms with van der Waals surface area (Å²) in [4.78, 5) is 32.7. The van der Waals surface area contributed by atoms with Crippen molar-refractivity contribution in [2.75, 3.05) is 40.6 Å². The molecule has 0 spiro atoms. The van der Waals surface area contributed by atoms with Crippen molar-refractivity contribution in [2.24, 2.45) is 4.99 Å². The Balaban J connectivity index is 1.68. The van der Waals surface area contributed by atoms with Crippen LogP contribution in [0.5, 0.6) is 11.5 Å². The van der Waals surface area contributed by atoms with Crippen LogP contribution in [0.3, 0.4) is 0 Å². The molecule has 2 aromatic rings. The molecule has 10 heteroatoms. The lowest BCUT2D eigenvalue weighted by Crippen LogP contribution is -2.38. The Morgan fingerprint density at radius 3 is 2.53 bits per heavy atom. The van der Waals surface area contributed by atoms with Crippen molar-refractivity contribution in [3.63, 3.8) is 0 Å². The van der Waals surface area contributed by atoms with Gasteiger partial charge in [0.05, 0.1) is 36.9 Å². The van der Waals surface area contributed by atoms with Gasteiger partial charge in [0, 0.05) is 26.5 Å². The van der Waals surface area contributed by atoms with Crippen LogP contribution >= 0.6 is 11.8 Å². The zero-order valence-corrected chi connectivity index (χ0v) is 22.5. The number of hydrogen-bond acceptors (Lipinski definition) is 9. The van der Waals surface area contributed by atoms with E-state index in [9.17, 15) is 9.59 Å². The Hall–Kier alpha value is -3.60. The highest BCUT2D eigenvalue weighted by atomic mass is 32.2. The number of thioether (sulfide) groups is 1. The summed E-state index contributed by atoms with van der Waals surface area (Å²) in [6.07, 6.45) is 0.123. The number of amides is 1. The maximum Gasteiger partial charge on any atom is 0.338 e. The lowest BCUT2D eigenvalue weighted by atomic mass is 9.93. The van der Waals surface area contributed by atoms with E-state index in [2.05, 4.69) is 5.32 Å². The van der Waals surface area contributed by atoms with E-state index in [-0.39, 0.29) is 25.5 Å². The summed E-state index contributed by atoms with van der Waals surface area (Å²) in [6, 6.07) is 16.5. The average molecular weight is 538 g/mol. The van der Waals surface area contributed by atoms with Crippen molar-refractivity contribution in [1.82, 2.24) is 10.2 Å². The van der Waals surface area contributed by atoms with Gasteiger partial charge in [0.2, 0.25) is 5.91 Å². The highest BCUT2D eigenvalue weighted by molar-refractivity contribution is 8.16. The number of nitrogens with one attached hydrogen (secondary N) is 1. The van der Waals surface area contributed by atoms with Gasteiger partial charge in [-0.2, -0.15) is 0 Å². The molecule has 1 unspecified atom stereocenters. The van der Waals surface area contributed by atoms with E-state index in [1.165, 1.54) is 11.8 Å². The van der Waals surface area contributed by atoms with E-state index in [0.717, 1.165) is 11.3 Å². The lowest BCUT2D eigenvalue weighted by molar-refractivity contribution is -0.141. The second-order valence-corrected chi connectivity index (χ2v) is 9.37. The van der Waals surface area contributed by atoms with Gasteiger partial charge in [0.15, 0.2) is 5.17 Å². The minimum atomic E-state index is -0.565. The number of ether oxygens (including phenoxy) is 4. The molecule has 0 aliphatic carbocycles. The number of aliphatic imine (C=N–C) groups is 1. The number of fused-ring (bicyclic) bond motifs is 1. The third-order valence-corrected chi connectivity index (χ3v) is 6.75. The number of hydrogen-bond donors (Lipinski definition) is 1. The maximum absolute atomic E-state index is 13.4. The van der Waals surface area contributed by atoms with Crippen LogP contribution in [0.4, 0.5) is 0 Å². The van der Waals surface area contributed by atoms with Crippen molar-refractivity contribution in [2.45, 2.75) is 19.4 Å². The molecule has 0 radical (unpaired) electrons. The lowest BCUT2D eigenvalue weighted by Gasteiger charge is -2.36. The van der Waals surface area contributed by atoms with Crippen LogP contribution in [0, 0.1) is 0 Å². The van der Waals surface area contributed by atoms with Crippen LogP contribution in [0.2, 0.25) is 0 Å². The fraction of sp³-hybridized carbons (Fsp3) is 0.321. The fourth-order valence-corrected chi connectivity index (χ4v) is 5.10. The molecule has 2 heterocycles. The van der Waals surface area contributed by atoms with Gasteiger partial charge in [0.1, 0.15) is 18.1 Å². The number of amidine groups is 1. The number of nitrogens with zero attached hydrogens (tertiary/aromatic N) is 2. The molecule has 0 fully saturated rings. The minimum Gasteiger partial charge on any atom is -0.460 e. The van der Waals surface area contributed by atoms with Crippen LogP contribution in [0.25, 0.3) is 0 Å². The zero-order chi connectivity index (χ0) is 26.9. The Labute approximate surface area is 226 Å². The standard InChI is InChI=1S/C28H31N3O6S/c1-19-25(27(33)36-15-14-35-3)26(20-8-7-11-23(16-20)37-22-9-5-4-6-10-22)31-21(18-38-28(31)30-19)17-24(32)29-12-13-34-2/h4-11,16,18,26H,12-15,17H2,1-3H3,(H,29,32). The molecule has 2 aliphatic heterocycles. The molecule has 0 saturated carbocycles. The van der Waals surface area contributed by atoms with Gasteiger partial charge in [-0.25, -0.2) is 9.79 Å². The Morgan fingerprint density at radius 1 is 1.00 bits per heavy atom. The van der Waals surface area contributed by atoms with Crippen molar-refractivity contribution in [1.29, 1.82) is 0 Å². The van der Waals surface area contributed by atoms with Crippen LogP contribution < -0.4 is 10.1 Å². The Morgan fingerprint density at radius 2 is 1.76 bits per heavy atom. The van der Waals surface area contributed by atoms with Gasteiger partial charge in [-0.05, 0) is 42.2 Å². The van der Waals surface area contributed by atoms with Gasteiger partial charge in [-0.15, -0.1) is 0 Å². The maximum atomic E-state index is 13.4. The van der Waals surface area contributed by atoms with E-state index in [1.807, 2.05) is 64.9 Å². The van der Waals surface area contributed by atoms with Gasteiger partial charge in [0.25, 0.3) is 0 Å². The molecule has 0 aromatic heterocycles. The van der Waals surface area contributed by atoms with E-state index < -0.39 is 12.0 Å². The normalized spacial score (nSPS) is 16.5. The molecule has 0 saturated heterocycles. The average Bonchev–Trinajstić information content (AvgIpc) is 3.30. The Bertz CT molecular complexity index is 1240.